The number of ether oxygens (including phenoxy) is 3. The highest BCUT2D eigenvalue weighted by atomic mass is 19.4. The highest BCUT2D eigenvalue weighted by Gasteiger charge is 2.42. The van der Waals surface area contributed by atoms with Gasteiger partial charge in [0, 0.05) is 5.56 Å². The van der Waals surface area contributed by atoms with Gasteiger partial charge in [-0.15, -0.1) is 0 Å². The van der Waals surface area contributed by atoms with Gasteiger partial charge in [-0.25, -0.2) is 9.18 Å². The summed E-state index contributed by atoms with van der Waals surface area (Å²) in [5.41, 5.74) is 0.233. The Kier molecular flexibility index (Phi) is 9.28. The lowest BCUT2D eigenvalue weighted by Gasteiger charge is -2.18. The van der Waals surface area contributed by atoms with Gasteiger partial charge in [-0.2, -0.15) is 17.6 Å². The largest absolute Gasteiger partial charge is 0.514 e. The van der Waals surface area contributed by atoms with Gasteiger partial charge < -0.3 is 14.2 Å². The Morgan fingerprint density at radius 1 is 0.938 bits per heavy atom. The second-order valence-corrected chi connectivity index (χ2v) is 7.08. The van der Waals surface area contributed by atoms with Gasteiger partial charge in [-0.3, -0.25) is 0 Å². The second kappa shape index (κ2) is 11.7. The third-order valence-electron chi connectivity index (χ3n) is 4.65. The van der Waals surface area contributed by atoms with Crippen molar-refractivity contribution in [3.05, 3.63) is 48.0 Å². The Morgan fingerprint density at radius 2 is 1.62 bits per heavy atom. The second-order valence-electron chi connectivity index (χ2n) is 7.08. The van der Waals surface area contributed by atoms with Gasteiger partial charge in [0.1, 0.15) is 5.75 Å². The number of benzene rings is 2. The minimum absolute atomic E-state index is 0.112. The maximum atomic E-state index is 14.5. The number of rotatable bonds is 10. The van der Waals surface area contributed by atoms with Gasteiger partial charge in [0.2, 0.25) is 11.9 Å². The Labute approximate surface area is 183 Å². The number of carbonyl (C=O) groups is 1. The van der Waals surface area contributed by atoms with Crippen molar-refractivity contribution >= 4 is 6.16 Å². The molecule has 0 aliphatic carbocycles. The van der Waals surface area contributed by atoms with Crippen LogP contribution < -0.4 is 9.47 Å². The summed E-state index contributed by atoms with van der Waals surface area (Å²) in [7, 11) is 0. The fraction of sp³-hybridized carbons (Fsp3) is 0.435. The third kappa shape index (κ3) is 7.10. The van der Waals surface area contributed by atoms with E-state index in [1.165, 1.54) is 0 Å². The Balaban J connectivity index is 2.05. The average molecular weight is 460 g/mol. The smallest absolute Gasteiger partial charge is 0.494 e. The van der Waals surface area contributed by atoms with E-state index in [4.69, 9.17) is 4.74 Å². The molecule has 0 saturated heterocycles. The first-order chi connectivity index (χ1) is 15.2. The van der Waals surface area contributed by atoms with Crippen LogP contribution in [0.4, 0.5) is 26.7 Å². The summed E-state index contributed by atoms with van der Waals surface area (Å²) >= 11 is 0. The number of carbonyl (C=O) groups excluding carboxylic acids is 1. The van der Waals surface area contributed by atoms with Crippen molar-refractivity contribution in [1.29, 1.82) is 0 Å². The van der Waals surface area contributed by atoms with E-state index in [1.807, 2.05) is 0 Å². The SMILES string of the molecule is CCCCCCOc1ccc(-c2ccc(OC(=O)OC(CC)C(F)(F)F)c(F)c2F)cc1. The molecule has 9 heteroatoms. The third-order valence-corrected chi connectivity index (χ3v) is 4.65. The summed E-state index contributed by atoms with van der Waals surface area (Å²) < 4.78 is 81.1. The normalized spacial score (nSPS) is 12.3. The van der Waals surface area contributed by atoms with E-state index >= 15 is 0 Å². The predicted octanol–water partition coefficient (Wildman–Crippen LogP) is 7.45. The Morgan fingerprint density at radius 3 is 2.22 bits per heavy atom. The van der Waals surface area contributed by atoms with Crippen LogP contribution in [0, 0.1) is 11.6 Å². The molecule has 32 heavy (non-hydrogen) atoms. The lowest BCUT2D eigenvalue weighted by molar-refractivity contribution is -0.207. The van der Waals surface area contributed by atoms with Crippen LogP contribution in [-0.4, -0.2) is 25.0 Å². The van der Waals surface area contributed by atoms with E-state index in [1.54, 1.807) is 24.3 Å². The molecule has 0 aliphatic heterocycles. The van der Waals surface area contributed by atoms with Crippen LogP contribution in [0.15, 0.2) is 36.4 Å². The van der Waals surface area contributed by atoms with E-state index in [-0.39, 0.29) is 5.56 Å². The van der Waals surface area contributed by atoms with Gasteiger partial charge in [0.05, 0.1) is 6.61 Å². The summed E-state index contributed by atoms with van der Waals surface area (Å²) in [6.07, 6.45) is -5.30. The molecule has 0 radical (unpaired) electrons. The lowest BCUT2D eigenvalue weighted by Crippen LogP contribution is -2.34. The zero-order valence-electron chi connectivity index (χ0n) is 17.8. The van der Waals surface area contributed by atoms with Crippen molar-refractivity contribution in [2.75, 3.05) is 6.61 Å². The van der Waals surface area contributed by atoms with Gasteiger partial charge >= 0.3 is 12.3 Å². The van der Waals surface area contributed by atoms with Crippen molar-refractivity contribution in [3.8, 4) is 22.6 Å². The van der Waals surface area contributed by atoms with E-state index in [2.05, 4.69) is 16.4 Å². The fourth-order valence-corrected chi connectivity index (χ4v) is 2.89. The van der Waals surface area contributed by atoms with Crippen molar-refractivity contribution < 1.29 is 41.0 Å². The average Bonchev–Trinajstić information content (AvgIpc) is 2.75. The zero-order valence-corrected chi connectivity index (χ0v) is 17.8. The van der Waals surface area contributed by atoms with Gasteiger partial charge in [0.25, 0.3) is 0 Å². The maximum absolute atomic E-state index is 14.5. The molecule has 0 fully saturated rings. The number of hydrogen-bond donors (Lipinski definition) is 0. The standard InChI is InChI=1S/C23H25F5O4/c1-3-5-6-7-14-30-16-10-8-15(9-11-16)17-12-13-18(21(25)20(17)24)31-22(29)32-19(4-2)23(26,27)28/h8-13,19H,3-7,14H2,1-2H3. The molecule has 4 nitrogen and oxygen atoms in total. The molecule has 0 saturated carbocycles. The summed E-state index contributed by atoms with van der Waals surface area (Å²) in [6, 6.07) is 8.43. The number of alkyl halides is 3. The molecule has 0 aliphatic rings. The first kappa shape index (κ1) is 25.4. The molecule has 0 heterocycles. The highest BCUT2D eigenvalue weighted by molar-refractivity contribution is 5.68. The molecule has 0 spiro atoms. The van der Waals surface area contributed by atoms with Crippen molar-refractivity contribution in [2.45, 2.75) is 58.2 Å². The minimum atomic E-state index is -4.80. The number of hydrogen-bond acceptors (Lipinski definition) is 4. The fourth-order valence-electron chi connectivity index (χ4n) is 2.89. The predicted molar refractivity (Wildman–Crippen MR) is 109 cm³/mol. The van der Waals surface area contributed by atoms with Crippen LogP contribution in [0.2, 0.25) is 0 Å². The van der Waals surface area contributed by atoms with Gasteiger partial charge in [-0.05, 0) is 42.7 Å². The molecule has 176 valence electrons. The Bertz CT molecular complexity index is 881. The highest BCUT2D eigenvalue weighted by Crippen LogP contribution is 2.32. The van der Waals surface area contributed by atoms with Crippen LogP contribution >= 0.6 is 0 Å². The van der Waals surface area contributed by atoms with E-state index < -0.39 is 42.2 Å². The topological polar surface area (TPSA) is 44.8 Å². The van der Waals surface area contributed by atoms with Gasteiger partial charge in [-0.1, -0.05) is 45.2 Å². The van der Waals surface area contributed by atoms with Crippen LogP contribution in [0.3, 0.4) is 0 Å². The van der Waals surface area contributed by atoms with Crippen LogP contribution in [-0.2, 0) is 4.74 Å². The van der Waals surface area contributed by atoms with Crippen molar-refractivity contribution in [3.63, 3.8) is 0 Å². The molecule has 2 aromatic rings. The summed E-state index contributed by atoms with van der Waals surface area (Å²) in [5, 5.41) is 0. The molecule has 1 atom stereocenters. The van der Waals surface area contributed by atoms with Crippen LogP contribution in [0.25, 0.3) is 11.1 Å². The van der Waals surface area contributed by atoms with E-state index in [9.17, 15) is 26.7 Å². The molecule has 2 rings (SSSR count). The molecule has 2 aromatic carbocycles. The summed E-state index contributed by atoms with van der Waals surface area (Å²) in [5.74, 6) is -3.12. The molecule has 0 bridgehead atoms. The number of halogens is 5. The molecule has 0 N–H and O–H groups in total. The van der Waals surface area contributed by atoms with Crippen molar-refractivity contribution in [2.24, 2.45) is 0 Å². The summed E-state index contributed by atoms with van der Waals surface area (Å²) in [4.78, 5) is 11.6. The molecule has 0 aromatic heterocycles. The monoisotopic (exact) mass is 460 g/mol. The molecule has 1 unspecified atom stereocenters. The van der Waals surface area contributed by atoms with E-state index in [0.29, 0.717) is 17.9 Å². The number of unbranched alkanes of at least 4 members (excludes halogenated alkanes) is 3. The molecule has 0 amide bonds. The zero-order chi connectivity index (χ0) is 23.7. The molecular weight excluding hydrogens is 435 g/mol. The molecular formula is C23H25F5O4. The first-order valence-electron chi connectivity index (χ1n) is 10.3. The first-order valence-corrected chi connectivity index (χ1v) is 10.3. The van der Waals surface area contributed by atoms with E-state index in [0.717, 1.165) is 44.7 Å². The maximum Gasteiger partial charge on any atom is 0.514 e. The van der Waals surface area contributed by atoms with Crippen LogP contribution in [0.1, 0.15) is 46.0 Å². The van der Waals surface area contributed by atoms with Crippen molar-refractivity contribution in [1.82, 2.24) is 0 Å². The lowest BCUT2D eigenvalue weighted by atomic mass is 10.0. The minimum Gasteiger partial charge on any atom is -0.494 e. The van der Waals surface area contributed by atoms with Crippen LogP contribution in [0.5, 0.6) is 11.5 Å². The Hall–Kier alpha value is -2.84. The summed E-state index contributed by atoms with van der Waals surface area (Å²) in [6.45, 7) is 3.82. The van der Waals surface area contributed by atoms with Gasteiger partial charge in [0.15, 0.2) is 11.6 Å². The quantitative estimate of drug-likeness (QED) is 0.160.